The molecule has 0 atom stereocenters. The third-order valence-electron chi connectivity index (χ3n) is 2.01. The summed E-state index contributed by atoms with van der Waals surface area (Å²) in [5.41, 5.74) is 1.80. The van der Waals surface area contributed by atoms with E-state index in [1.807, 2.05) is 6.92 Å². The van der Waals surface area contributed by atoms with Crippen molar-refractivity contribution in [1.82, 2.24) is 4.98 Å². The third kappa shape index (κ3) is 2.25. The molecule has 0 saturated heterocycles. The van der Waals surface area contributed by atoms with E-state index in [0.29, 0.717) is 5.82 Å². The summed E-state index contributed by atoms with van der Waals surface area (Å²) in [7, 11) is 0. The predicted molar refractivity (Wildman–Crippen MR) is 73.1 cm³/mol. The van der Waals surface area contributed by atoms with Crippen LogP contribution in [-0.4, -0.2) is 17.4 Å². The fourth-order valence-electron chi connectivity index (χ4n) is 1.38. The van der Waals surface area contributed by atoms with Crippen molar-refractivity contribution in [2.45, 2.75) is 6.92 Å². The zero-order valence-corrected chi connectivity index (χ0v) is 9.40. The van der Waals surface area contributed by atoms with Crippen molar-refractivity contribution in [3.8, 4) is 0 Å². The number of H-pyrrole nitrogens is 1. The lowest BCUT2D eigenvalue weighted by Crippen LogP contribution is -1.72. The number of aromatic amines is 1. The van der Waals surface area contributed by atoms with Crippen LogP contribution in [-0.2, 0) is 0 Å². The van der Waals surface area contributed by atoms with E-state index in [2.05, 4.69) is 34.7 Å². The number of nitrogens with one attached hydrogen (secondary N) is 1. The summed E-state index contributed by atoms with van der Waals surface area (Å²) in [5.74, 6) is 1.45. The van der Waals surface area contributed by atoms with Gasteiger partial charge in [0.25, 0.3) is 0 Å². The number of nitrogens with zero attached hydrogens (tertiary/aromatic N) is 2. The zero-order chi connectivity index (χ0) is 12.0. The number of aliphatic imine (C=N–C) groups is 2. The van der Waals surface area contributed by atoms with Crippen molar-refractivity contribution >= 4 is 36.2 Å². The summed E-state index contributed by atoms with van der Waals surface area (Å²) in [4.78, 5) is 11.5. The maximum absolute atomic E-state index is 4.22. The summed E-state index contributed by atoms with van der Waals surface area (Å²) >= 11 is 0. The molecular formula is C13H15N3. The van der Waals surface area contributed by atoms with Crippen LogP contribution in [0.3, 0.4) is 0 Å². The fourth-order valence-corrected chi connectivity index (χ4v) is 1.38. The summed E-state index contributed by atoms with van der Waals surface area (Å²) in [5, 5.41) is 0. The Kier molecular flexibility index (Phi) is 4.21. The van der Waals surface area contributed by atoms with Gasteiger partial charge in [-0.1, -0.05) is 38.0 Å². The highest BCUT2D eigenvalue weighted by molar-refractivity contribution is 5.83. The molecule has 0 unspecified atom stereocenters. The largest absolute Gasteiger partial charge is 0.324 e. The molecule has 0 saturated carbocycles. The van der Waals surface area contributed by atoms with Gasteiger partial charge in [0, 0.05) is 23.6 Å². The summed E-state index contributed by atoms with van der Waals surface area (Å²) in [6, 6.07) is 0. The van der Waals surface area contributed by atoms with E-state index in [-0.39, 0.29) is 0 Å². The topological polar surface area (TPSA) is 40.5 Å². The number of aromatic nitrogens is 1. The van der Waals surface area contributed by atoms with Gasteiger partial charge in [0.1, 0.15) is 11.6 Å². The first-order valence-corrected chi connectivity index (χ1v) is 4.93. The molecule has 3 nitrogen and oxygen atoms in total. The van der Waals surface area contributed by atoms with Crippen molar-refractivity contribution in [2.75, 3.05) is 0 Å². The van der Waals surface area contributed by atoms with Crippen LogP contribution < -0.4 is 0 Å². The van der Waals surface area contributed by atoms with Gasteiger partial charge in [-0.25, -0.2) is 9.98 Å². The number of rotatable bonds is 5. The Morgan fingerprint density at radius 2 is 1.56 bits per heavy atom. The molecule has 0 bridgehead atoms. The Bertz CT molecular complexity index is 462. The van der Waals surface area contributed by atoms with Gasteiger partial charge in [-0.15, -0.1) is 0 Å². The predicted octanol–water partition coefficient (Wildman–Crippen LogP) is 3.91. The van der Waals surface area contributed by atoms with E-state index in [4.69, 9.17) is 0 Å². The lowest BCUT2D eigenvalue weighted by Gasteiger charge is -1.92. The molecule has 0 radical (unpaired) electrons. The summed E-state index contributed by atoms with van der Waals surface area (Å²) in [6.45, 7) is 13.0. The fraction of sp³-hybridized carbons (Fsp3) is 0.0769. The second-order valence-corrected chi connectivity index (χ2v) is 2.96. The van der Waals surface area contributed by atoms with Crippen molar-refractivity contribution in [3.63, 3.8) is 0 Å². The van der Waals surface area contributed by atoms with Crippen LogP contribution >= 0.6 is 0 Å². The Morgan fingerprint density at radius 3 is 2.00 bits per heavy atom. The molecule has 1 aromatic rings. The van der Waals surface area contributed by atoms with E-state index in [1.165, 1.54) is 0 Å². The lowest BCUT2D eigenvalue weighted by molar-refractivity contribution is 1.30. The van der Waals surface area contributed by atoms with E-state index in [0.717, 1.165) is 16.9 Å². The van der Waals surface area contributed by atoms with Crippen molar-refractivity contribution in [1.29, 1.82) is 0 Å². The molecular weight excluding hydrogens is 198 g/mol. The minimum absolute atomic E-state index is 0.713. The van der Waals surface area contributed by atoms with Crippen LogP contribution in [0.15, 0.2) is 35.8 Å². The van der Waals surface area contributed by atoms with E-state index in [1.54, 1.807) is 30.7 Å². The molecule has 1 rings (SSSR count). The van der Waals surface area contributed by atoms with Gasteiger partial charge in [-0.2, -0.15) is 0 Å². The third-order valence-corrected chi connectivity index (χ3v) is 2.01. The smallest absolute Gasteiger partial charge is 0.139 e. The quantitative estimate of drug-likeness (QED) is 0.720. The minimum Gasteiger partial charge on any atom is -0.324 e. The van der Waals surface area contributed by atoms with Gasteiger partial charge in [0.15, 0.2) is 0 Å². The van der Waals surface area contributed by atoms with Gasteiger partial charge in [-0.05, 0) is 6.92 Å². The lowest BCUT2D eigenvalue weighted by atomic mass is 10.1. The molecule has 0 aliphatic carbocycles. The van der Waals surface area contributed by atoms with Gasteiger partial charge in [0.05, 0.1) is 0 Å². The maximum atomic E-state index is 4.22. The van der Waals surface area contributed by atoms with Crippen molar-refractivity contribution < 1.29 is 0 Å². The van der Waals surface area contributed by atoms with Crippen LogP contribution in [0, 0.1) is 0 Å². The van der Waals surface area contributed by atoms with Crippen LogP contribution in [0.5, 0.6) is 0 Å². The standard InChI is InChI=1S/C13H15N3/c1-5-9-15-13-11(7-3)10(6-2)12(16-13)14-8-4/h5-9,16H,1-3H2,4H3. The Hall–Kier alpha value is -2.16. The zero-order valence-electron chi connectivity index (χ0n) is 9.40. The number of hydrogen-bond acceptors (Lipinski definition) is 2. The maximum Gasteiger partial charge on any atom is 0.139 e. The molecule has 0 aliphatic heterocycles. The molecule has 82 valence electrons. The molecule has 1 aromatic heterocycles. The Morgan fingerprint density at radius 1 is 1.00 bits per heavy atom. The average Bonchev–Trinajstić information content (AvgIpc) is 2.63. The van der Waals surface area contributed by atoms with Crippen molar-refractivity contribution in [3.05, 3.63) is 36.9 Å². The monoisotopic (exact) mass is 213 g/mol. The van der Waals surface area contributed by atoms with Gasteiger partial charge in [-0.3, -0.25) is 0 Å². The first-order valence-electron chi connectivity index (χ1n) is 4.93. The molecule has 1 N–H and O–H groups in total. The molecule has 0 aromatic carbocycles. The normalized spacial score (nSPS) is 11.1. The number of hydrogen-bond donors (Lipinski definition) is 1. The first kappa shape index (κ1) is 11.9. The van der Waals surface area contributed by atoms with Crippen molar-refractivity contribution in [2.24, 2.45) is 9.98 Å². The minimum atomic E-state index is 0.713. The summed E-state index contributed by atoms with van der Waals surface area (Å²) < 4.78 is 0. The van der Waals surface area contributed by atoms with Gasteiger partial charge < -0.3 is 4.98 Å². The second kappa shape index (κ2) is 5.66. The van der Waals surface area contributed by atoms with Crippen LogP contribution in [0.4, 0.5) is 11.6 Å². The van der Waals surface area contributed by atoms with Gasteiger partial charge in [0.2, 0.25) is 0 Å². The molecule has 16 heavy (non-hydrogen) atoms. The highest BCUT2D eigenvalue weighted by atomic mass is 15.0. The van der Waals surface area contributed by atoms with Crippen LogP contribution in [0.2, 0.25) is 0 Å². The molecule has 1 heterocycles. The Labute approximate surface area is 95.6 Å². The first-order chi connectivity index (χ1) is 7.78. The van der Waals surface area contributed by atoms with E-state index >= 15 is 0 Å². The Balaban J connectivity index is 3.38. The number of allylic oxidation sites excluding steroid dienone is 1. The van der Waals surface area contributed by atoms with Crippen LogP contribution in [0.25, 0.3) is 12.2 Å². The SMILES string of the molecule is C=CC=Nc1[nH]c(N=CC)c(C=C)c1C=C. The van der Waals surface area contributed by atoms with Gasteiger partial charge >= 0.3 is 0 Å². The molecule has 0 aliphatic rings. The highest BCUT2D eigenvalue weighted by Crippen LogP contribution is 2.32. The van der Waals surface area contributed by atoms with E-state index in [9.17, 15) is 0 Å². The van der Waals surface area contributed by atoms with Crippen LogP contribution in [0.1, 0.15) is 18.1 Å². The molecule has 0 spiro atoms. The molecule has 0 fully saturated rings. The average molecular weight is 213 g/mol. The summed E-state index contributed by atoms with van der Waals surface area (Å²) in [6.07, 6.45) is 8.42. The highest BCUT2D eigenvalue weighted by Gasteiger charge is 2.10. The van der Waals surface area contributed by atoms with E-state index < -0.39 is 0 Å². The second-order valence-electron chi connectivity index (χ2n) is 2.96. The molecule has 3 heteroatoms. The molecule has 0 amide bonds.